The van der Waals surface area contributed by atoms with E-state index in [1.54, 1.807) is 4.90 Å². The molecule has 0 spiro atoms. The SMILES string of the molecule is COC(=O)NC1CCC(C(=O)N2C[C@@H](N(C)C(=O)N(C)c3cc(C(F)(F)F)cc(C(F)(F)F)c3)[C@H](c3ccc(F)cc3)C2)CC1. The fourth-order valence-electron chi connectivity index (χ4n) is 5.99. The second kappa shape index (κ2) is 13.1. The molecule has 2 atom stereocenters. The minimum atomic E-state index is -5.10. The molecule has 15 heteroatoms. The van der Waals surface area contributed by atoms with Gasteiger partial charge in [0.05, 0.1) is 24.3 Å². The summed E-state index contributed by atoms with van der Waals surface area (Å²) in [6.07, 6.45) is -8.68. The van der Waals surface area contributed by atoms with E-state index in [1.165, 1.54) is 43.3 Å². The van der Waals surface area contributed by atoms with Gasteiger partial charge in [0, 0.05) is 50.7 Å². The molecule has 0 aromatic heterocycles. The van der Waals surface area contributed by atoms with Crippen molar-refractivity contribution < 1.29 is 49.9 Å². The van der Waals surface area contributed by atoms with Gasteiger partial charge in [0.25, 0.3) is 0 Å². The summed E-state index contributed by atoms with van der Waals surface area (Å²) in [5.41, 5.74) is -3.14. The molecule has 8 nitrogen and oxygen atoms in total. The molecule has 246 valence electrons. The highest BCUT2D eigenvalue weighted by molar-refractivity contribution is 5.92. The summed E-state index contributed by atoms with van der Waals surface area (Å²) in [5, 5.41) is 2.72. The van der Waals surface area contributed by atoms with Gasteiger partial charge in [-0.15, -0.1) is 0 Å². The molecule has 2 fully saturated rings. The van der Waals surface area contributed by atoms with Gasteiger partial charge >= 0.3 is 24.5 Å². The summed E-state index contributed by atoms with van der Waals surface area (Å²) in [5.74, 6) is -1.57. The number of halogens is 7. The number of urea groups is 1. The van der Waals surface area contributed by atoms with E-state index in [0.29, 0.717) is 48.3 Å². The van der Waals surface area contributed by atoms with Crippen LogP contribution in [0.4, 0.5) is 46.0 Å². The molecule has 0 radical (unpaired) electrons. The van der Waals surface area contributed by atoms with E-state index in [0.717, 1.165) is 7.05 Å². The Hall–Kier alpha value is -4.04. The van der Waals surface area contributed by atoms with E-state index in [9.17, 15) is 45.1 Å². The second-order valence-corrected chi connectivity index (χ2v) is 11.4. The van der Waals surface area contributed by atoms with Crippen molar-refractivity contribution in [1.29, 1.82) is 0 Å². The first-order valence-corrected chi connectivity index (χ1v) is 14.2. The number of anilines is 1. The van der Waals surface area contributed by atoms with E-state index in [4.69, 9.17) is 0 Å². The zero-order valence-corrected chi connectivity index (χ0v) is 24.7. The van der Waals surface area contributed by atoms with Crippen molar-refractivity contribution in [3.05, 3.63) is 65.0 Å². The summed E-state index contributed by atoms with van der Waals surface area (Å²) in [6, 6.07) is 4.60. The predicted octanol–water partition coefficient (Wildman–Crippen LogP) is 6.26. The molecule has 1 N–H and O–H groups in total. The van der Waals surface area contributed by atoms with E-state index in [2.05, 4.69) is 10.1 Å². The minimum Gasteiger partial charge on any atom is -0.453 e. The number of rotatable bonds is 5. The zero-order chi connectivity index (χ0) is 33.3. The number of hydrogen-bond donors (Lipinski definition) is 1. The lowest BCUT2D eigenvalue weighted by Crippen LogP contribution is -2.48. The molecule has 1 saturated carbocycles. The van der Waals surface area contributed by atoms with Crippen LogP contribution in [0, 0.1) is 11.7 Å². The van der Waals surface area contributed by atoms with Crippen LogP contribution in [0.25, 0.3) is 0 Å². The minimum absolute atomic E-state index is 0.0183. The molecule has 2 aromatic rings. The van der Waals surface area contributed by atoms with E-state index in [1.807, 2.05) is 0 Å². The van der Waals surface area contributed by atoms with Gasteiger partial charge in [-0.1, -0.05) is 12.1 Å². The molecule has 1 aliphatic carbocycles. The van der Waals surface area contributed by atoms with Gasteiger partial charge in [-0.2, -0.15) is 26.3 Å². The number of likely N-dealkylation sites (tertiary alicyclic amines) is 1. The van der Waals surface area contributed by atoms with Gasteiger partial charge in [0.2, 0.25) is 5.91 Å². The highest BCUT2D eigenvalue weighted by Crippen LogP contribution is 2.39. The molecule has 4 amide bonds. The molecule has 45 heavy (non-hydrogen) atoms. The number of amides is 4. The Balaban J connectivity index is 1.57. The summed E-state index contributed by atoms with van der Waals surface area (Å²) < 4.78 is 99.2. The molecule has 2 aromatic carbocycles. The van der Waals surface area contributed by atoms with Crippen LogP contribution < -0.4 is 10.2 Å². The Labute approximate surface area is 255 Å². The number of carbonyl (C=O) groups excluding carboxylic acids is 3. The van der Waals surface area contributed by atoms with Crippen molar-refractivity contribution in [2.75, 3.05) is 39.2 Å². The lowest BCUT2D eigenvalue weighted by atomic mass is 9.85. The lowest BCUT2D eigenvalue weighted by Gasteiger charge is -2.33. The van der Waals surface area contributed by atoms with Gasteiger partial charge in [-0.3, -0.25) is 9.69 Å². The monoisotopic (exact) mass is 646 g/mol. The highest BCUT2D eigenvalue weighted by atomic mass is 19.4. The van der Waals surface area contributed by atoms with Crippen molar-refractivity contribution in [3.8, 4) is 0 Å². The van der Waals surface area contributed by atoms with E-state index >= 15 is 0 Å². The number of ether oxygens (including phenoxy) is 1. The van der Waals surface area contributed by atoms with Crippen molar-refractivity contribution in [1.82, 2.24) is 15.1 Å². The van der Waals surface area contributed by atoms with Crippen LogP contribution >= 0.6 is 0 Å². The third-order valence-electron chi connectivity index (χ3n) is 8.53. The quantitative estimate of drug-likeness (QED) is 0.389. The third-order valence-corrected chi connectivity index (χ3v) is 8.53. The van der Waals surface area contributed by atoms with Crippen LogP contribution in [0.5, 0.6) is 0 Å². The van der Waals surface area contributed by atoms with Gasteiger partial charge < -0.3 is 19.9 Å². The molecule has 2 aliphatic rings. The number of nitrogens with one attached hydrogen (secondary N) is 1. The van der Waals surface area contributed by atoms with Crippen LogP contribution in [0.3, 0.4) is 0 Å². The second-order valence-electron chi connectivity index (χ2n) is 11.4. The number of hydrogen-bond acceptors (Lipinski definition) is 4. The van der Waals surface area contributed by atoms with Gasteiger partial charge in [0.15, 0.2) is 0 Å². The number of nitrogens with zero attached hydrogens (tertiary/aromatic N) is 3. The number of methoxy groups -OCH3 is 1. The summed E-state index contributed by atoms with van der Waals surface area (Å²) in [6.45, 7) is 0.187. The molecule has 4 rings (SSSR count). The first-order chi connectivity index (χ1) is 21.0. The summed E-state index contributed by atoms with van der Waals surface area (Å²) in [4.78, 5) is 42.2. The Morgan fingerprint density at radius 2 is 1.42 bits per heavy atom. The summed E-state index contributed by atoms with van der Waals surface area (Å²) in [7, 11) is 3.68. The van der Waals surface area contributed by atoms with Crippen molar-refractivity contribution in [2.45, 2.75) is 56.0 Å². The van der Waals surface area contributed by atoms with Crippen LogP contribution in [-0.2, 0) is 21.9 Å². The number of alkyl halides is 6. The molecule has 1 heterocycles. The normalized spacial score (nSPS) is 22.1. The maximum atomic E-state index is 13.7. The first-order valence-electron chi connectivity index (χ1n) is 14.2. The number of carbonyl (C=O) groups is 3. The largest absolute Gasteiger partial charge is 0.453 e. The maximum absolute atomic E-state index is 13.7. The molecule has 1 aliphatic heterocycles. The third kappa shape index (κ3) is 7.79. The first kappa shape index (κ1) is 33.8. The Morgan fingerprint density at radius 1 is 0.867 bits per heavy atom. The maximum Gasteiger partial charge on any atom is 0.416 e. The Morgan fingerprint density at radius 3 is 1.93 bits per heavy atom. The number of alkyl carbamates (subject to hydrolysis) is 1. The standard InChI is InChI=1S/C30H33F7N4O4/c1-39(23-13-19(29(32,33)34)12-20(14-23)30(35,36)37)28(44)40(2)25-16-41(15-24(25)17-4-8-21(31)9-5-17)26(42)18-6-10-22(11-7-18)38-27(43)45-3/h4-5,8-9,12-14,18,22,24-25H,6-7,10-11,15-16H2,1-3H3,(H,38,43)/t18?,22?,24-,25+/m0/s1. The molecule has 0 bridgehead atoms. The van der Waals surface area contributed by atoms with Gasteiger partial charge in [-0.05, 0) is 61.6 Å². The predicted molar refractivity (Wildman–Crippen MR) is 149 cm³/mol. The molecule has 1 saturated heterocycles. The number of likely N-dealkylation sites (N-methyl/N-ethyl adjacent to an activating group) is 1. The van der Waals surface area contributed by atoms with Gasteiger partial charge in [-0.25, -0.2) is 14.0 Å². The summed E-state index contributed by atoms with van der Waals surface area (Å²) >= 11 is 0. The van der Waals surface area contributed by atoms with Gasteiger partial charge in [0.1, 0.15) is 5.82 Å². The van der Waals surface area contributed by atoms with Crippen molar-refractivity contribution in [3.63, 3.8) is 0 Å². The average molecular weight is 647 g/mol. The number of benzene rings is 2. The van der Waals surface area contributed by atoms with Crippen LogP contribution in [-0.4, -0.2) is 74.2 Å². The van der Waals surface area contributed by atoms with Crippen molar-refractivity contribution >= 4 is 23.7 Å². The highest BCUT2D eigenvalue weighted by Gasteiger charge is 2.43. The zero-order valence-electron chi connectivity index (χ0n) is 24.7. The van der Waals surface area contributed by atoms with Crippen LogP contribution in [0.15, 0.2) is 42.5 Å². The Bertz CT molecular complexity index is 1360. The van der Waals surface area contributed by atoms with Crippen molar-refractivity contribution in [2.24, 2.45) is 5.92 Å². The lowest BCUT2D eigenvalue weighted by molar-refractivity contribution is -0.143. The molecular weight excluding hydrogens is 613 g/mol. The van der Waals surface area contributed by atoms with E-state index < -0.39 is 59.1 Å². The van der Waals surface area contributed by atoms with E-state index in [-0.39, 0.29) is 37.0 Å². The topological polar surface area (TPSA) is 82.2 Å². The van der Waals surface area contributed by atoms with Crippen LogP contribution in [0.1, 0.15) is 48.3 Å². The fourth-order valence-corrected chi connectivity index (χ4v) is 5.99. The van der Waals surface area contributed by atoms with Crippen LogP contribution in [0.2, 0.25) is 0 Å². The smallest absolute Gasteiger partial charge is 0.416 e. The Kier molecular flexibility index (Phi) is 9.88. The molecule has 0 unspecified atom stereocenters. The average Bonchev–Trinajstić information content (AvgIpc) is 3.44. The molecular formula is C30H33F7N4O4. The fraction of sp³-hybridized carbons (Fsp3) is 0.500.